The van der Waals surface area contributed by atoms with Crippen molar-refractivity contribution in [2.24, 2.45) is 0 Å². The summed E-state index contributed by atoms with van der Waals surface area (Å²) < 4.78 is 16.0. The van der Waals surface area contributed by atoms with Crippen molar-refractivity contribution in [1.29, 1.82) is 0 Å². The van der Waals surface area contributed by atoms with Gasteiger partial charge in [-0.2, -0.15) is 5.10 Å². The van der Waals surface area contributed by atoms with Gasteiger partial charge in [0.25, 0.3) is 0 Å². The van der Waals surface area contributed by atoms with E-state index in [0.29, 0.717) is 36.1 Å². The zero-order valence-corrected chi connectivity index (χ0v) is 27.4. The number of imide groups is 1. The predicted molar refractivity (Wildman–Crippen MR) is 183 cm³/mol. The van der Waals surface area contributed by atoms with Crippen molar-refractivity contribution in [2.45, 2.75) is 81.8 Å². The number of nitrogens with two attached hydrogens (primary N) is 1. The molecule has 4 aromatic rings. The van der Waals surface area contributed by atoms with Crippen LogP contribution in [0.25, 0.3) is 22.4 Å². The predicted octanol–water partition coefficient (Wildman–Crippen LogP) is 4.97. The van der Waals surface area contributed by atoms with Crippen molar-refractivity contribution in [3.8, 4) is 28.1 Å². The Balaban J connectivity index is 0.879. The Bertz CT molecular complexity index is 1900. The topological polar surface area (TPSA) is 142 Å². The number of nitrogens with one attached hydrogen (secondary N) is 1. The molecule has 0 bridgehead atoms. The molecule has 0 radical (unpaired) electrons. The number of rotatable bonds is 6. The van der Waals surface area contributed by atoms with Crippen LogP contribution in [0.5, 0.6) is 5.75 Å². The van der Waals surface area contributed by atoms with E-state index in [-0.39, 0.29) is 35.3 Å². The summed E-state index contributed by atoms with van der Waals surface area (Å²) in [5.74, 6) is -0.739. The molecule has 12 heteroatoms. The summed E-state index contributed by atoms with van der Waals surface area (Å²) in [5, 5.41) is 25.6. The van der Waals surface area contributed by atoms with E-state index in [0.717, 1.165) is 44.5 Å². The number of phenolic OH excluding ortho intramolecular Hbond substituents is 1. The van der Waals surface area contributed by atoms with Crippen LogP contribution in [0.1, 0.15) is 74.5 Å². The molecule has 1 saturated carbocycles. The number of aromatic hydroxyl groups is 1. The first-order chi connectivity index (χ1) is 23.8. The number of anilines is 2. The standard InChI is InChI=1S/C37H41FN8O3/c38-30-5-1-4-28(35(30)48)31-19-29(36(39)43-42-31)23-20-40-46(21-23)25-13-16-44(17-14-25)24-9-7-22(8-10-24)26-3-2-6-32-27(26)15-18-45(32)33-11-12-34(47)41-37(33)49/h1-6,19-22,24-25,33,48H,7-18H2,(H2,39,43)(H,41,47,49). The number of likely N-dealkylation sites (tertiary alicyclic amines) is 1. The minimum Gasteiger partial charge on any atom is -0.504 e. The third kappa shape index (κ3) is 5.92. The van der Waals surface area contributed by atoms with Gasteiger partial charge in [0.15, 0.2) is 17.4 Å². The van der Waals surface area contributed by atoms with Crippen LogP contribution in [0, 0.1) is 5.82 Å². The molecule has 2 aromatic carbocycles. The second kappa shape index (κ2) is 12.9. The summed E-state index contributed by atoms with van der Waals surface area (Å²) in [6, 6.07) is 13.2. The van der Waals surface area contributed by atoms with Crippen LogP contribution in [0.4, 0.5) is 15.9 Å². The lowest BCUT2D eigenvalue weighted by molar-refractivity contribution is -0.134. The maximum absolute atomic E-state index is 14.0. The molecule has 3 fully saturated rings. The minimum absolute atomic E-state index is 0.166. The highest BCUT2D eigenvalue weighted by Gasteiger charge is 2.37. The Kier molecular flexibility index (Phi) is 8.26. The van der Waals surface area contributed by atoms with E-state index >= 15 is 0 Å². The lowest BCUT2D eigenvalue weighted by Gasteiger charge is -2.41. The molecule has 254 valence electrons. The van der Waals surface area contributed by atoms with Crippen LogP contribution in [-0.2, 0) is 16.0 Å². The van der Waals surface area contributed by atoms with Crippen LogP contribution >= 0.6 is 0 Å². The number of hydrogen-bond acceptors (Lipinski definition) is 9. The van der Waals surface area contributed by atoms with Crippen LogP contribution in [0.2, 0.25) is 0 Å². The van der Waals surface area contributed by atoms with Crippen molar-refractivity contribution in [3.63, 3.8) is 0 Å². The number of carbonyl (C=O) groups is 2. The molecule has 4 N–H and O–H groups in total. The SMILES string of the molecule is Nc1nnc(-c2cccc(F)c2O)cc1-c1cnn(C2CCN(C3CCC(c4cccc5c4CCN5C4CCC(=O)NC4=O)CC3)CC2)c1. The first-order valence-corrected chi connectivity index (χ1v) is 17.5. The van der Waals surface area contributed by atoms with Gasteiger partial charge in [0.2, 0.25) is 11.8 Å². The van der Waals surface area contributed by atoms with E-state index in [1.165, 1.54) is 54.6 Å². The number of para-hydroxylation sites is 1. The Morgan fingerprint density at radius 1 is 0.878 bits per heavy atom. The van der Waals surface area contributed by atoms with E-state index in [2.05, 4.69) is 48.6 Å². The largest absolute Gasteiger partial charge is 0.504 e. The maximum Gasteiger partial charge on any atom is 0.249 e. The van der Waals surface area contributed by atoms with E-state index in [1.54, 1.807) is 18.3 Å². The number of halogens is 1. The fourth-order valence-corrected chi connectivity index (χ4v) is 8.60. The molecule has 2 amide bonds. The highest BCUT2D eigenvalue weighted by atomic mass is 19.1. The lowest BCUT2D eigenvalue weighted by atomic mass is 9.79. The zero-order chi connectivity index (χ0) is 33.6. The number of benzene rings is 2. The van der Waals surface area contributed by atoms with Crippen molar-refractivity contribution in [1.82, 2.24) is 30.2 Å². The van der Waals surface area contributed by atoms with Crippen molar-refractivity contribution in [2.75, 3.05) is 30.3 Å². The van der Waals surface area contributed by atoms with Crippen molar-refractivity contribution < 1.29 is 19.1 Å². The number of nitrogens with zero attached hydrogens (tertiary/aromatic N) is 6. The molecule has 5 heterocycles. The average Bonchev–Trinajstić information content (AvgIpc) is 3.78. The van der Waals surface area contributed by atoms with Crippen LogP contribution in [-0.4, -0.2) is 73.5 Å². The smallest absolute Gasteiger partial charge is 0.249 e. The van der Waals surface area contributed by atoms with E-state index < -0.39 is 11.6 Å². The van der Waals surface area contributed by atoms with Gasteiger partial charge in [0.1, 0.15) is 6.04 Å². The number of nitrogen functional groups attached to an aromatic ring is 1. The molecular formula is C37H41FN8O3. The fraction of sp³-hybridized carbons (Fsp3) is 0.432. The third-order valence-electron chi connectivity index (χ3n) is 11.2. The number of aromatic nitrogens is 4. The Morgan fingerprint density at radius 3 is 2.47 bits per heavy atom. The minimum atomic E-state index is -0.718. The van der Waals surface area contributed by atoms with Gasteiger partial charge in [0.05, 0.1) is 17.9 Å². The number of carbonyl (C=O) groups excluding carboxylic acids is 2. The molecule has 2 saturated heterocycles. The van der Waals surface area contributed by atoms with E-state index in [4.69, 9.17) is 5.73 Å². The lowest BCUT2D eigenvalue weighted by Crippen LogP contribution is -2.52. The van der Waals surface area contributed by atoms with Gasteiger partial charge in [-0.15, -0.1) is 10.2 Å². The van der Waals surface area contributed by atoms with Crippen molar-refractivity contribution in [3.05, 3.63) is 71.8 Å². The van der Waals surface area contributed by atoms with Crippen molar-refractivity contribution >= 4 is 23.3 Å². The molecule has 11 nitrogen and oxygen atoms in total. The van der Waals surface area contributed by atoms with Gasteiger partial charge in [-0.1, -0.05) is 18.2 Å². The van der Waals surface area contributed by atoms with Crippen LogP contribution < -0.4 is 16.0 Å². The van der Waals surface area contributed by atoms with E-state index in [9.17, 15) is 19.1 Å². The monoisotopic (exact) mass is 664 g/mol. The van der Waals surface area contributed by atoms with Gasteiger partial charge < -0.3 is 20.6 Å². The molecule has 1 unspecified atom stereocenters. The molecule has 0 spiro atoms. The highest BCUT2D eigenvalue weighted by Crippen LogP contribution is 2.43. The summed E-state index contributed by atoms with van der Waals surface area (Å²) in [7, 11) is 0. The second-order valence-corrected chi connectivity index (χ2v) is 13.9. The Labute approximate surface area is 284 Å². The molecule has 2 aromatic heterocycles. The Hall–Kier alpha value is -4.84. The van der Waals surface area contributed by atoms with Gasteiger partial charge >= 0.3 is 0 Å². The molecule has 49 heavy (non-hydrogen) atoms. The van der Waals surface area contributed by atoms with Crippen LogP contribution in [0.15, 0.2) is 54.9 Å². The molecule has 1 aliphatic carbocycles. The first-order valence-electron chi connectivity index (χ1n) is 17.5. The average molecular weight is 665 g/mol. The second-order valence-electron chi connectivity index (χ2n) is 13.9. The summed E-state index contributed by atoms with van der Waals surface area (Å²) in [6.07, 6.45) is 12.4. The fourth-order valence-electron chi connectivity index (χ4n) is 8.60. The first kappa shape index (κ1) is 31.4. The number of phenols is 1. The van der Waals surface area contributed by atoms with Gasteiger partial charge in [-0.3, -0.25) is 19.6 Å². The van der Waals surface area contributed by atoms with Gasteiger partial charge in [-0.25, -0.2) is 4.39 Å². The Morgan fingerprint density at radius 2 is 1.67 bits per heavy atom. The summed E-state index contributed by atoms with van der Waals surface area (Å²) in [5.41, 5.74) is 12.2. The molecule has 8 rings (SSSR count). The quantitative estimate of drug-likeness (QED) is 0.244. The number of fused-ring (bicyclic) bond motifs is 1. The zero-order valence-electron chi connectivity index (χ0n) is 27.4. The molecule has 4 aliphatic rings. The maximum atomic E-state index is 14.0. The third-order valence-corrected chi connectivity index (χ3v) is 11.2. The molecule has 3 aliphatic heterocycles. The van der Waals surface area contributed by atoms with Gasteiger partial charge in [0, 0.05) is 60.7 Å². The van der Waals surface area contributed by atoms with Gasteiger partial charge in [-0.05, 0) is 92.7 Å². The normalized spacial score (nSPS) is 23.4. The number of piperidine rings is 2. The van der Waals surface area contributed by atoms with E-state index in [1.807, 2.05) is 10.9 Å². The highest BCUT2D eigenvalue weighted by molar-refractivity contribution is 6.02. The summed E-state index contributed by atoms with van der Waals surface area (Å²) in [6.45, 7) is 2.88. The van der Waals surface area contributed by atoms with Crippen LogP contribution in [0.3, 0.4) is 0 Å². The molecule has 1 atom stereocenters. The molecular weight excluding hydrogens is 623 g/mol. The summed E-state index contributed by atoms with van der Waals surface area (Å²) in [4.78, 5) is 29.2. The number of amides is 2. The number of hydrogen-bond donors (Lipinski definition) is 3. The summed E-state index contributed by atoms with van der Waals surface area (Å²) >= 11 is 0.